The van der Waals surface area contributed by atoms with Gasteiger partial charge in [-0.3, -0.25) is 15.1 Å². The molecule has 6 nitrogen and oxygen atoms in total. The number of halogens is 1. The second-order valence-corrected chi connectivity index (χ2v) is 7.20. The third-order valence-corrected chi connectivity index (χ3v) is 5.19. The Morgan fingerprint density at radius 3 is 2.78 bits per heavy atom. The third kappa shape index (κ3) is 5.48. The zero-order chi connectivity index (χ0) is 19.1. The maximum atomic E-state index is 12.3. The van der Waals surface area contributed by atoms with E-state index in [1.165, 1.54) is 5.69 Å². The number of amides is 2. The summed E-state index contributed by atoms with van der Waals surface area (Å²) < 4.78 is 0. The first-order valence-corrected chi connectivity index (χ1v) is 9.86. The monoisotopic (exact) mass is 389 g/mol. The molecule has 1 fully saturated rings. The summed E-state index contributed by atoms with van der Waals surface area (Å²) in [6, 6.07) is 7.97. The molecule has 1 atom stereocenters. The van der Waals surface area contributed by atoms with E-state index in [-0.39, 0.29) is 12.2 Å². The van der Waals surface area contributed by atoms with E-state index in [1.807, 2.05) is 43.5 Å². The third-order valence-electron chi connectivity index (χ3n) is 4.95. The Kier molecular flexibility index (Phi) is 7.15. The summed E-state index contributed by atoms with van der Waals surface area (Å²) >= 11 is 6.09. The first-order valence-electron chi connectivity index (χ1n) is 9.48. The standard InChI is InChI=1S/C20H28ClN5O/c1-22-19-8-2-3-11-26(19)20(27)23-9-5-10-24-12-14-25(15-13-24)18-7-4-6-17(21)16-18/h2-4,6-8,11,16,19,22H,5,9-10,12-15H2,1H3,(H,23,27). The van der Waals surface area contributed by atoms with Crippen LogP contribution in [-0.2, 0) is 0 Å². The van der Waals surface area contributed by atoms with E-state index in [0.717, 1.165) is 44.2 Å². The van der Waals surface area contributed by atoms with Crippen molar-refractivity contribution in [3.8, 4) is 0 Å². The van der Waals surface area contributed by atoms with Crippen molar-refractivity contribution in [2.45, 2.75) is 12.6 Å². The van der Waals surface area contributed by atoms with Crippen molar-refractivity contribution in [2.24, 2.45) is 0 Å². The van der Waals surface area contributed by atoms with Gasteiger partial charge < -0.3 is 10.2 Å². The van der Waals surface area contributed by atoms with Crippen LogP contribution in [0.2, 0.25) is 5.02 Å². The lowest BCUT2D eigenvalue weighted by molar-refractivity contribution is 0.200. The zero-order valence-corrected chi connectivity index (χ0v) is 16.5. The number of rotatable bonds is 6. The number of hydrogen-bond acceptors (Lipinski definition) is 4. The summed E-state index contributed by atoms with van der Waals surface area (Å²) in [7, 11) is 1.84. The summed E-state index contributed by atoms with van der Waals surface area (Å²) in [5.74, 6) is 0. The normalized spacial score (nSPS) is 20.1. The van der Waals surface area contributed by atoms with Crippen LogP contribution in [-0.4, -0.2) is 68.3 Å². The average Bonchev–Trinajstić information content (AvgIpc) is 2.71. The van der Waals surface area contributed by atoms with Gasteiger partial charge in [0.25, 0.3) is 0 Å². The SMILES string of the molecule is CNC1C=CC=CN1C(=O)NCCCN1CCN(c2cccc(Cl)c2)CC1. The highest BCUT2D eigenvalue weighted by molar-refractivity contribution is 6.30. The van der Waals surface area contributed by atoms with Crippen LogP contribution < -0.4 is 15.5 Å². The van der Waals surface area contributed by atoms with Gasteiger partial charge in [-0.15, -0.1) is 0 Å². The fourth-order valence-corrected chi connectivity index (χ4v) is 3.60. The zero-order valence-electron chi connectivity index (χ0n) is 15.8. The number of likely N-dealkylation sites (N-methyl/N-ethyl adjacent to an activating group) is 1. The highest BCUT2D eigenvalue weighted by Gasteiger charge is 2.20. The molecule has 1 aromatic carbocycles. The van der Waals surface area contributed by atoms with E-state index in [4.69, 9.17) is 11.6 Å². The summed E-state index contributed by atoms with van der Waals surface area (Å²) in [5, 5.41) is 6.89. The van der Waals surface area contributed by atoms with Gasteiger partial charge in [0.2, 0.25) is 0 Å². The lowest BCUT2D eigenvalue weighted by Gasteiger charge is -2.36. The number of urea groups is 1. The summed E-state index contributed by atoms with van der Waals surface area (Å²) in [4.78, 5) is 18.8. The first kappa shape index (κ1) is 19.7. The van der Waals surface area contributed by atoms with Gasteiger partial charge >= 0.3 is 6.03 Å². The van der Waals surface area contributed by atoms with Crippen molar-refractivity contribution in [2.75, 3.05) is 51.2 Å². The van der Waals surface area contributed by atoms with Gasteiger partial charge in [-0.25, -0.2) is 4.79 Å². The second-order valence-electron chi connectivity index (χ2n) is 6.76. The molecule has 2 aliphatic rings. The smallest absolute Gasteiger partial charge is 0.322 e. The van der Waals surface area contributed by atoms with Crippen LogP contribution in [0.25, 0.3) is 0 Å². The minimum atomic E-state index is -0.0884. The minimum Gasteiger partial charge on any atom is -0.369 e. The minimum absolute atomic E-state index is 0.0688. The van der Waals surface area contributed by atoms with Crippen molar-refractivity contribution < 1.29 is 4.79 Å². The summed E-state index contributed by atoms with van der Waals surface area (Å²) in [5.41, 5.74) is 1.19. The van der Waals surface area contributed by atoms with Crippen molar-refractivity contribution in [3.63, 3.8) is 0 Å². The Labute approximate surface area is 166 Å². The van der Waals surface area contributed by atoms with Crippen LogP contribution in [0.3, 0.4) is 0 Å². The number of piperazine rings is 1. The molecule has 1 aromatic rings. The summed E-state index contributed by atoms with van der Waals surface area (Å²) in [6.45, 7) is 5.74. The van der Waals surface area contributed by atoms with Gasteiger partial charge in [0.1, 0.15) is 6.17 Å². The molecule has 0 radical (unpaired) electrons. The Morgan fingerprint density at radius 2 is 2.04 bits per heavy atom. The van der Waals surface area contributed by atoms with E-state index in [9.17, 15) is 4.79 Å². The molecule has 0 saturated carbocycles. The van der Waals surface area contributed by atoms with E-state index >= 15 is 0 Å². The van der Waals surface area contributed by atoms with Crippen LogP contribution in [0.1, 0.15) is 6.42 Å². The Balaban J connectivity index is 1.34. The van der Waals surface area contributed by atoms with Crippen molar-refractivity contribution >= 4 is 23.3 Å². The second kappa shape index (κ2) is 9.78. The Bertz CT molecular complexity index is 685. The van der Waals surface area contributed by atoms with Crippen molar-refractivity contribution in [3.05, 3.63) is 53.7 Å². The molecule has 0 bridgehead atoms. The topological polar surface area (TPSA) is 50.9 Å². The molecule has 3 rings (SSSR count). The molecule has 0 spiro atoms. The molecule has 0 aliphatic carbocycles. The van der Waals surface area contributed by atoms with Gasteiger partial charge in [-0.2, -0.15) is 0 Å². The van der Waals surface area contributed by atoms with Crippen LogP contribution in [0.15, 0.2) is 48.7 Å². The largest absolute Gasteiger partial charge is 0.369 e. The molecule has 27 heavy (non-hydrogen) atoms. The van der Waals surface area contributed by atoms with E-state index in [0.29, 0.717) is 6.54 Å². The number of anilines is 1. The molecule has 2 aliphatic heterocycles. The maximum absolute atomic E-state index is 12.3. The molecule has 146 valence electrons. The lowest BCUT2D eigenvalue weighted by Crippen LogP contribution is -2.49. The number of hydrogen-bond donors (Lipinski definition) is 2. The van der Waals surface area contributed by atoms with Gasteiger partial charge in [0.15, 0.2) is 0 Å². The molecule has 1 saturated heterocycles. The molecular weight excluding hydrogens is 362 g/mol. The fraction of sp³-hybridized carbons (Fsp3) is 0.450. The predicted octanol–water partition coefficient (Wildman–Crippen LogP) is 2.49. The Morgan fingerprint density at radius 1 is 1.22 bits per heavy atom. The van der Waals surface area contributed by atoms with Crippen molar-refractivity contribution in [1.29, 1.82) is 0 Å². The van der Waals surface area contributed by atoms with E-state index in [1.54, 1.807) is 11.1 Å². The molecule has 0 aromatic heterocycles. The van der Waals surface area contributed by atoms with Crippen molar-refractivity contribution in [1.82, 2.24) is 20.4 Å². The van der Waals surface area contributed by atoms with Gasteiger partial charge in [0.05, 0.1) is 0 Å². The number of nitrogens with zero attached hydrogens (tertiary/aromatic N) is 3. The van der Waals surface area contributed by atoms with Gasteiger partial charge in [-0.05, 0) is 50.4 Å². The van der Waals surface area contributed by atoms with Crippen LogP contribution in [0, 0.1) is 0 Å². The van der Waals surface area contributed by atoms with Crippen LogP contribution in [0.5, 0.6) is 0 Å². The molecule has 1 unspecified atom stereocenters. The number of carbonyl (C=O) groups is 1. The first-order chi connectivity index (χ1) is 13.2. The molecule has 2 amide bonds. The number of allylic oxidation sites excluding steroid dienone is 2. The highest BCUT2D eigenvalue weighted by Crippen LogP contribution is 2.20. The van der Waals surface area contributed by atoms with Crippen LogP contribution in [0.4, 0.5) is 10.5 Å². The number of carbonyl (C=O) groups excluding carboxylic acids is 1. The maximum Gasteiger partial charge on any atom is 0.322 e. The molecular formula is C20H28ClN5O. The fourth-order valence-electron chi connectivity index (χ4n) is 3.42. The lowest BCUT2D eigenvalue weighted by atomic mass is 10.2. The predicted molar refractivity (Wildman–Crippen MR) is 111 cm³/mol. The van der Waals surface area contributed by atoms with E-state index < -0.39 is 0 Å². The number of nitrogens with one attached hydrogen (secondary N) is 2. The quantitative estimate of drug-likeness (QED) is 0.734. The summed E-state index contributed by atoms with van der Waals surface area (Å²) in [6.07, 6.45) is 8.42. The molecule has 2 heterocycles. The van der Waals surface area contributed by atoms with Crippen LogP contribution >= 0.6 is 11.6 Å². The molecule has 2 N–H and O–H groups in total. The van der Waals surface area contributed by atoms with E-state index in [2.05, 4.69) is 26.5 Å². The highest BCUT2D eigenvalue weighted by atomic mass is 35.5. The number of benzene rings is 1. The molecule has 7 heteroatoms. The van der Waals surface area contributed by atoms with Gasteiger partial charge in [-0.1, -0.05) is 23.7 Å². The Hall–Kier alpha value is -2.02. The van der Waals surface area contributed by atoms with Gasteiger partial charge in [0, 0.05) is 49.6 Å². The average molecular weight is 390 g/mol.